The molecule has 3 saturated carbocycles. The molecule has 2 aliphatic heterocycles. The van der Waals surface area contributed by atoms with Crippen LogP contribution < -0.4 is 0 Å². The van der Waals surface area contributed by atoms with E-state index < -0.39 is 0 Å². The number of rotatable bonds is 5. The third kappa shape index (κ3) is 2.67. The molecule has 0 spiro atoms. The Morgan fingerprint density at radius 1 is 1.07 bits per heavy atom. The highest BCUT2D eigenvalue weighted by atomic mass is 16.3. The number of nitrogens with zero attached hydrogens (tertiary/aromatic N) is 3. The zero-order chi connectivity index (χ0) is 18.1. The van der Waals surface area contributed by atoms with Crippen molar-refractivity contribution in [3.05, 3.63) is 29.5 Å². The molecule has 4 bridgehead atoms. The Bertz CT molecular complexity index is 840. The second kappa shape index (κ2) is 6.05. The van der Waals surface area contributed by atoms with Crippen LogP contribution in [0.5, 0.6) is 0 Å². The van der Waals surface area contributed by atoms with E-state index in [0.717, 1.165) is 30.6 Å². The normalized spacial score (nSPS) is 33.9. The maximum absolute atomic E-state index is 11.1. The summed E-state index contributed by atoms with van der Waals surface area (Å²) in [4.78, 5) is 2.50. The van der Waals surface area contributed by atoms with Crippen LogP contribution in [0.25, 0.3) is 10.9 Å². The molecular formula is C23H31N3O. The summed E-state index contributed by atoms with van der Waals surface area (Å²) in [7, 11) is 2.06. The highest BCUT2D eigenvalue weighted by Crippen LogP contribution is 2.50. The summed E-state index contributed by atoms with van der Waals surface area (Å²) in [6.07, 6.45) is 10.8. The molecule has 4 heteroatoms. The van der Waals surface area contributed by atoms with Gasteiger partial charge in [0.1, 0.15) is 6.23 Å². The lowest BCUT2D eigenvalue weighted by Crippen LogP contribution is -2.61. The molecule has 1 aromatic carbocycles. The molecule has 1 aromatic heterocycles. The van der Waals surface area contributed by atoms with Gasteiger partial charge < -0.3 is 5.11 Å². The Labute approximate surface area is 161 Å². The summed E-state index contributed by atoms with van der Waals surface area (Å²) in [6, 6.07) is 7.94. The van der Waals surface area contributed by atoms with Crippen molar-refractivity contribution in [1.82, 2.24) is 14.7 Å². The Hall–Kier alpha value is -1.39. The highest BCUT2D eigenvalue weighted by molar-refractivity contribution is 5.86. The fraction of sp³-hybridized carbons (Fsp3) is 0.696. The Balaban J connectivity index is 1.23. The van der Waals surface area contributed by atoms with Crippen LogP contribution >= 0.6 is 0 Å². The van der Waals surface area contributed by atoms with E-state index in [9.17, 15) is 5.11 Å². The van der Waals surface area contributed by atoms with Gasteiger partial charge in [-0.3, -0.25) is 9.58 Å². The minimum atomic E-state index is -0.301. The highest BCUT2D eigenvalue weighted by Gasteiger charge is 2.48. The lowest BCUT2D eigenvalue weighted by Gasteiger charge is -2.57. The topological polar surface area (TPSA) is 41.3 Å². The van der Waals surface area contributed by atoms with Crippen LogP contribution in [0, 0.1) is 11.8 Å². The maximum atomic E-state index is 11.1. The third-order valence-electron chi connectivity index (χ3n) is 7.91. The van der Waals surface area contributed by atoms with E-state index in [1.165, 1.54) is 67.1 Å². The molecule has 0 radical (unpaired) electrons. The summed E-state index contributed by atoms with van der Waals surface area (Å²) >= 11 is 0. The van der Waals surface area contributed by atoms with Crippen LogP contribution in [0.2, 0.25) is 0 Å². The van der Waals surface area contributed by atoms with E-state index in [0.29, 0.717) is 12.1 Å². The molecule has 5 aliphatic rings. The van der Waals surface area contributed by atoms with Gasteiger partial charge in [0.05, 0.1) is 11.2 Å². The summed E-state index contributed by atoms with van der Waals surface area (Å²) < 4.78 is 2.03. The lowest BCUT2D eigenvalue weighted by atomic mass is 9.63. The molecule has 4 nitrogen and oxygen atoms in total. The molecule has 0 amide bonds. The predicted molar refractivity (Wildman–Crippen MR) is 106 cm³/mol. The van der Waals surface area contributed by atoms with Crippen molar-refractivity contribution in [3.63, 3.8) is 0 Å². The number of aromatic nitrogens is 2. The first kappa shape index (κ1) is 16.6. The van der Waals surface area contributed by atoms with Crippen molar-refractivity contribution in [2.45, 2.75) is 82.0 Å². The zero-order valence-corrected chi connectivity index (χ0v) is 16.3. The summed E-state index contributed by atoms with van der Waals surface area (Å²) in [5, 5.41) is 17.3. The van der Waals surface area contributed by atoms with Gasteiger partial charge in [-0.05, 0) is 87.2 Å². The number of benzene rings is 1. The van der Waals surface area contributed by atoms with Crippen LogP contribution in [0.3, 0.4) is 0 Å². The second-order valence-corrected chi connectivity index (χ2v) is 9.77. The van der Waals surface area contributed by atoms with Crippen LogP contribution in [-0.4, -0.2) is 38.1 Å². The van der Waals surface area contributed by atoms with E-state index in [2.05, 4.69) is 30.1 Å². The summed E-state index contributed by atoms with van der Waals surface area (Å²) in [5.74, 6) is 2.61. The molecule has 144 valence electrons. The fourth-order valence-corrected chi connectivity index (χ4v) is 6.80. The molecule has 3 heterocycles. The standard InChI is InChI=1S/C23H31N3O/c1-25-21-4-2-3-19(16-5-6-16)23(21)20(24-25)7-8-22(27)26-17-10-14-9-15(12-17)13-18(26)11-14/h2-4,14-18,22,27H,5-13H2,1H3. The van der Waals surface area contributed by atoms with Gasteiger partial charge in [-0.2, -0.15) is 5.10 Å². The Morgan fingerprint density at radius 3 is 2.44 bits per heavy atom. The monoisotopic (exact) mass is 365 g/mol. The number of hydrogen-bond acceptors (Lipinski definition) is 3. The smallest absolute Gasteiger partial charge is 0.108 e. The van der Waals surface area contributed by atoms with Crippen molar-refractivity contribution in [1.29, 1.82) is 0 Å². The van der Waals surface area contributed by atoms with E-state index >= 15 is 0 Å². The summed E-state index contributed by atoms with van der Waals surface area (Å²) in [6.45, 7) is 0. The van der Waals surface area contributed by atoms with Crippen LogP contribution in [0.15, 0.2) is 18.2 Å². The predicted octanol–water partition coefficient (Wildman–Crippen LogP) is 3.96. The van der Waals surface area contributed by atoms with Crippen LogP contribution in [0.1, 0.15) is 68.5 Å². The van der Waals surface area contributed by atoms with E-state index in [1.807, 2.05) is 4.68 Å². The van der Waals surface area contributed by atoms with Crippen molar-refractivity contribution in [2.24, 2.45) is 18.9 Å². The molecule has 27 heavy (non-hydrogen) atoms. The molecule has 1 atom stereocenters. The maximum Gasteiger partial charge on any atom is 0.108 e. The van der Waals surface area contributed by atoms with Gasteiger partial charge in [-0.25, -0.2) is 0 Å². The molecule has 1 unspecified atom stereocenters. The third-order valence-corrected chi connectivity index (χ3v) is 7.91. The number of aliphatic hydroxyl groups excluding tert-OH is 1. The number of aliphatic hydroxyl groups is 1. The first-order valence-electron chi connectivity index (χ1n) is 11.1. The molecule has 2 aromatic rings. The Kier molecular flexibility index (Phi) is 3.71. The Morgan fingerprint density at radius 2 is 1.78 bits per heavy atom. The number of aryl methyl sites for hydroxylation is 2. The number of piperidine rings is 2. The van der Waals surface area contributed by atoms with Crippen molar-refractivity contribution >= 4 is 10.9 Å². The van der Waals surface area contributed by atoms with Gasteiger partial charge in [0.25, 0.3) is 0 Å². The first-order chi connectivity index (χ1) is 13.2. The largest absolute Gasteiger partial charge is 0.378 e. The van der Waals surface area contributed by atoms with E-state index in [-0.39, 0.29) is 6.23 Å². The minimum absolute atomic E-state index is 0.301. The van der Waals surface area contributed by atoms with Gasteiger partial charge in [0, 0.05) is 24.5 Å². The first-order valence-corrected chi connectivity index (χ1v) is 11.1. The number of hydrogen-bond donors (Lipinski definition) is 1. The minimum Gasteiger partial charge on any atom is -0.378 e. The van der Waals surface area contributed by atoms with Crippen LogP contribution in [0.4, 0.5) is 0 Å². The van der Waals surface area contributed by atoms with E-state index in [4.69, 9.17) is 5.10 Å². The van der Waals surface area contributed by atoms with Gasteiger partial charge >= 0.3 is 0 Å². The quantitative estimate of drug-likeness (QED) is 0.872. The summed E-state index contributed by atoms with van der Waals surface area (Å²) in [5.41, 5.74) is 3.93. The van der Waals surface area contributed by atoms with Gasteiger partial charge in [0.15, 0.2) is 0 Å². The van der Waals surface area contributed by atoms with E-state index in [1.54, 1.807) is 0 Å². The van der Waals surface area contributed by atoms with Crippen molar-refractivity contribution < 1.29 is 5.11 Å². The fourth-order valence-electron chi connectivity index (χ4n) is 6.80. The molecule has 1 N–H and O–H groups in total. The molecule has 3 aliphatic carbocycles. The van der Waals surface area contributed by atoms with Crippen molar-refractivity contribution in [2.75, 3.05) is 0 Å². The average Bonchev–Trinajstić information content (AvgIpc) is 3.44. The van der Waals surface area contributed by atoms with Crippen LogP contribution in [-0.2, 0) is 13.5 Å². The molecule has 2 saturated heterocycles. The second-order valence-electron chi connectivity index (χ2n) is 9.77. The molecule has 7 rings (SSSR count). The number of fused-ring (bicyclic) bond motifs is 1. The lowest BCUT2D eigenvalue weighted by molar-refractivity contribution is -0.142. The van der Waals surface area contributed by atoms with Gasteiger partial charge in [0.2, 0.25) is 0 Å². The average molecular weight is 366 g/mol. The molecule has 5 fully saturated rings. The SMILES string of the molecule is Cn1nc(CCC(O)N2C3CC4CC(C3)CC2C4)c2c(C3CC3)cccc21. The van der Waals surface area contributed by atoms with Gasteiger partial charge in [-0.15, -0.1) is 0 Å². The van der Waals surface area contributed by atoms with Crippen molar-refractivity contribution in [3.8, 4) is 0 Å². The molecular weight excluding hydrogens is 334 g/mol. The van der Waals surface area contributed by atoms with Gasteiger partial charge in [-0.1, -0.05) is 12.1 Å². The zero-order valence-electron chi connectivity index (χ0n) is 16.3.